The van der Waals surface area contributed by atoms with Gasteiger partial charge in [0.25, 0.3) is 0 Å². The van der Waals surface area contributed by atoms with E-state index in [2.05, 4.69) is 64.1 Å². The molecular formula is C19H24. The summed E-state index contributed by atoms with van der Waals surface area (Å²) < 4.78 is 0. The number of aryl methyl sites for hydroxylation is 6. The zero-order valence-electron chi connectivity index (χ0n) is 12.6. The molecule has 0 atom stereocenters. The van der Waals surface area contributed by atoms with Crippen LogP contribution in [0.25, 0.3) is 0 Å². The SMILES string of the molecule is Cc1cc(C)cc(CCCc2cc(C)cc(C)c2)c1. The minimum atomic E-state index is 1.18. The van der Waals surface area contributed by atoms with Crippen molar-refractivity contribution < 1.29 is 0 Å². The number of hydrogen-bond acceptors (Lipinski definition) is 0. The largest absolute Gasteiger partial charge is 0.0564 e. The van der Waals surface area contributed by atoms with Crippen molar-refractivity contribution in [1.29, 1.82) is 0 Å². The highest BCUT2D eigenvalue weighted by Crippen LogP contribution is 2.14. The van der Waals surface area contributed by atoms with E-state index in [1.54, 1.807) is 0 Å². The van der Waals surface area contributed by atoms with Gasteiger partial charge in [0, 0.05) is 0 Å². The molecule has 0 radical (unpaired) electrons. The van der Waals surface area contributed by atoms with Crippen LogP contribution in [-0.4, -0.2) is 0 Å². The third-order valence-corrected chi connectivity index (χ3v) is 3.49. The highest BCUT2D eigenvalue weighted by molar-refractivity contribution is 5.30. The van der Waals surface area contributed by atoms with E-state index < -0.39 is 0 Å². The molecule has 0 heterocycles. The molecule has 19 heavy (non-hydrogen) atoms. The zero-order valence-corrected chi connectivity index (χ0v) is 12.6. The molecular weight excluding hydrogens is 228 g/mol. The van der Waals surface area contributed by atoms with Crippen LogP contribution < -0.4 is 0 Å². The molecule has 100 valence electrons. The standard InChI is InChI=1S/C19H24/c1-14-8-15(2)11-18(10-14)6-5-7-19-12-16(3)9-17(4)13-19/h8-13H,5-7H2,1-4H3. The average molecular weight is 252 g/mol. The zero-order chi connectivity index (χ0) is 13.8. The van der Waals surface area contributed by atoms with Crippen LogP contribution in [-0.2, 0) is 12.8 Å². The lowest BCUT2D eigenvalue weighted by atomic mass is 9.99. The summed E-state index contributed by atoms with van der Waals surface area (Å²) in [5.74, 6) is 0. The summed E-state index contributed by atoms with van der Waals surface area (Å²) in [5, 5.41) is 0. The number of hydrogen-bond donors (Lipinski definition) is 0. The Morgan fingerprint density at radius 2 is 0.842 bits per heavy atom. The first-order chi connectivity index (χ1) is 9.02. The maximum Gasteiger partial charge on any atom is -0.0276 e. The third kappa shape index (κ3) is 4.24. The molecule has 0 heteroatoms. The van der Waals surface area contributed by atoms with Crippen LogP contribution >= 0.6 is 0 Å². The van der Waals surface area contributed by atoms with Crippen molar-refractivity contribution >= 4 is 0 Å². The molecule has 0 unspecified atom stereocenters. The van der Waals surface area contributed by atoms with Gasteiger partial charge in [0.05, 0.1) is 0 Å². The molecule has 0 bridgehead atoms. The average Bonchev–Trinajstić information content (AvgIpc) is 2.26. The minimum absolute atomic E-state index is 1.18. The van der Waals surface area contributed by atoms with Gasteiger partial charge in [-0.1, -0.05) is 58.7 Å². The van der Waals surface area contributed by atoms with Crippen LogP contribution in [0.5, 0.6) is 0 Å². The smallest absolute Gasteiger partial charge is 0.0276 e. The molecule has 0 amide bonds. The quantitative estimate of drug-likeness (QED) is 0.710. The lowest BCUT2D eigenvalue weighted by Gasteiger charge is -2.07. The molecule has 0 aliphatic carbocycles. The second kappa shape index (κ2) is 6.06. The van der Waals surface area contributed by atoms with Gasteiger partial charge in [-0.3, -0.25) is 0 Å². The van der Waals surface area contributed by atoms with Crippen molar-refractivity contribution in [2.24, 2.45) is 0 Å². The Morgan fingerprint density at radius 3 is 1.16 bits per heavy atom. The highest BCUT2D eigenvalue weighted by atomic mass is 14.0. The Kier molecular flexibility index (Phi) is 4.42. The van der Waals surface area contributed by atoms with E-state index in [0.717, 1.165) is 0 Å². The Morgan fingerprint density at radius 1 is 0.526 bits per heavy atom. The second-order valence-corrected chi connectivity index (χ2v) is 5.85. The lowest BCUT2D eigenvalue weighted by Crippen LogP contribution is -1.93. The van der Waals surface area contributed by atoms with Gasteiger partial charge >= 0.3 is 0 Å². The van der Waals surface area contributed by atoms with E-state index in [1.807, 2.05) is 0 Å². The lowest BCUT2D eigenvalue weighted by molar-refractivity contribution is 0.817. The van der Waals surface area contributed by atoms with Crippen molar-refractivity contribution in [2.75, 3.05) is 0 Å². The number of rotatable bonds is 4. The first-order valence-corrected chi connectivity index (χ1v) is 7.17. The van der Waals surface area contributed by atoms with Gasteiger partial charge in [0.2, 0.25) is 0 Å². The predicted octanol–water partition coefficient (Wildman–Crippen LogP) is 5.10. The monoisotopic (exact) mass is 252 g/mol. The summed E-state index contributed by atoms with van der Waals surface area (Å²) in [4.78, 5) is 0. The highest BCUT2D eigenvalue weighted by Gasteiger charge is 1.99. The summed E-state index contributed by atoms with van der Waals surface area (Å²) in [7, 11) is 0. The van der Waals surface area contributed by atoms with Crippen LogP contribution in [0.1, 0.15) is 39.8 Å². The van der Waals surface area contributed by atoms with Gasteiger partial charge in [-0.25, -0.2) is 0 Å². The van der Waals surface area contributed by atoms with Crippen molar-refractivity contribution in [3.63, 3.8) is 0 Å². The maximum atomic E-state index is 2.31. The second-order valence-electron chi connectivity index (χ2n) is 5.85. The van der Waals surface area contributed by atoms with Gasteiger partial charge in [0.1, 0.15) is 0 Å². The fourth-order valence-corrected chi connectivity index (χ4v) is 2.92. The molecule has 0 nitrogen and oxygen atoms in total. The van der Waals surface area contributed by atoms with Crippen molar-refractivity contribution in [3.8, 4) is 0 Å². The van der Waals surface area contributed by atoms with E-state index in [9.17, 15) is 0 Å². The Hall–Kier alpha value is -1.56. The maximum absolute atomic E-state index is 2.31. The van der Waals surface area contributed by atoms with E-state index in [-0.39, 0.29) is 0 Å². The molecule has 0 aromatic heterocycles. The molecule has 2 aromatic rings. The summed E-state index contributed by atoms with van der Waals surface area (Å²) in [5.41, 5.74) is 8.45. The van der Waals surface area contributed by atoms with Crippen LogP contribution in [0, 0.1) is 27.7 Å². The van der Waals surface area contributed by atoms with E-state index in [4.69, 9.17) is 0 Å². The molecule has 0 fully saturated rings. The summed E-state index contributed by atoms with van der Waals surface area (Å²) >= 11 is 0. The topological polar surface area (TPSA) is 0 Å². The summed E-state index contributed by atoms with van der Waals surface area (Å²) in [6.07, 6.45) is 3.58. The van der Waals surface area contributed by atoms with Gasteiger partial charge in [-0.15, -0.1) is 0 Å². The molecule has 2 rings (SSSR count). The summed E-state index contributed by atoms with van der Waals surface area (Å²) in [6, 6.07) is 13.7. The van der Waals surface area contributed by atoms with Crippen molar-refractivity contribution in [2.45, 2.75) is 47.0 Å². The molecule has 0 saturated heterocycles. The Labute approximate surface area is 117 Å². The normalized spacial score (nSPS) is 10.7. The van der Waals surface area contributed by atoms with Crippen LogP contribution in [0.15, 0.2) is 36.4 Å². The minimum Gasteiger partial charge on any atom is -0.0564 e. The van der Waals surface area contributed by atoms with E-state index in [1.165, 1.54) is 52.6 Å². The molecule has 0 aliphatic rings. The molecule has 0 aliphatic heterocycles. The van der Waals surface area contributed by atoms with Crippen molar-refractivity contribution in [1.82, 2.24) is 0 Å². The predicted molar refractivity (Wildman–Crippen MR) is 83.9 cm³/mol. The van der Waals surface area contributed by atoms with Gasteiger partial charge in [-0.2, -0.15) is 0 Å². The molecule has 0 N–H and O–H groups in total. The summed E-state index contributed by atoms with van der Waals surface area (Å²) in [6.45, 7) is 8.72. The third-order valence-electron chi connectivity index (χ3n) is 3.49. The van der Waals surface area contributed by atoms with E-state index in [0.29, 0.717) is 0 Å². The van der Waals surface area contributed by atoms with Crippen LogP contribution in [0.2, 0.25) is 0 Å². The Bertz CT molecular complexity index is 472. The molecule has 2 aromatic carbocycles. The fourth-order valence-electron chi connectivity index (χ4n) is 2.92. The first-order valence-electron chi connectivity index (χ1n) is 7.17. The fraction of sp³-hybridized carbons (Fsp3) is 0.368. The van der Waals surface area contributed by atoms with Crippen LogP contribution in [0.3, 0.4) is 0 Å². The van der Waals surface area contributed by atoms with Gasteiger partial charge in [0.15, 0.2) is 0 Å². The van der Waals surface area contributed by atoms with Gasteiger partial charge < -0.3 is 0 Å². The van der Waals surface area contributed by atoms with Gasteiger partial charge in [-0.05, 0) is 58.1 Å². The van der Waals surface area contributed by atoms with Crippen molar-refractivity contribution in [3.05, 3.63) is 69.8 Å². The van der Waals surface area contributed by atoms with E-state index >= 15 is 0 Å². The Balaban J connectivity index is 1.96. The number of benzene rings is 2. The molecule has 0 saturated carbocycles. The van der Waals surface area contributed by atoms with Crippen LogP contribution in [0.4, 0.5) is 0 Å². The first kappa shape index (κ1) is 13.9. The molecule has 0 spiro atoms.